The van der Waals surface area contributed by atoms with E-state index in [4.69, 9.17) is 16.1 Å². The van der Waals surface area contributed by atoms with E-state index < -0.39 is 4.92 Å². The van der Waals surface area contributed by atoms with Gasteiger partial charge >= 0.3 is 0 Å². The molecule has 0 saturated carbocycles. The summed E-state index contributed by atoms with van der Waals surface area (Å²) in [5, 5.41) is 15.1. The number of carbonyl (C=O) groups is 1. The Labute approximate surface area is 144 Å². The molecule has 1 aromatic heterocycles. The highest BCUT2D eigenvalue weighted by molar-refractivity contribution is 6.31. The number of non-ortho nitro benzene ring substituents is 1. The first-order chi connectivity index (χ1) is 11.3. The molecule has 0 unspecified atom stereocenters. The quantitative estimate of drug-likeness (QED) is 0.587. The van der Waals surface area contributed by atoms with E-state index in [1.165, 1.54) is 23.1 Å². The van der Waals surface area contributed by atoms with Crippen LogP contribution in [0.15, 0.2) is 22.7 Å². The lowest BCUT2D eigenvalue weighted by molar-refractivity contribution is -0.384. The molecular formula is C16H18ClN3O4. The Bertz CT molecular complexity index is 753. The van der Waals surface area contributed by atoms with Crippen LogP contribution in [0.25, 0.3) is 0 Å². The lowest BCUT2D eigenvalue weighted by Crippen LogP contribution is -2.26. The van der Waals surface area contributed by atoms with Crippen LogP contribution in [-0.2, 0) is 17.8 Å². The Hall–Kier alpha value is -2.41. The number of benzene rings is 1. The van der Waals surface area contributed by atoms with Crippen molar-refractivity contribution in [3.8, 4) is 0 Å². The molecule has 0 aliphatic heterocycles. The van der Waals surface area contributed by atoms with Crippen molar-refractivity contribution in [3.05, 3.63) is 55.9 Å². The van der Waals surface area contributed by atoms with E-state index in [9.17, 15) is 14.9 Å². The average Bonchev–Trinajstić information content (AvgIpc) is 2.85. The van der Waals surface area contributed by atoms with Gasteiger partial charge in [-0.3, -0.25) is 14.9 Å². The molecule has 1 aromatic carbocycles. The van der Waals surface area contributed by atoms with Gasteiger partial charge in [0.15, 0.2) is 0 Å². The van der Waals surface area contributed by atoms with Crippen molar-refractivity contribution in [2.75, 3.05) is 7.05 Å². The number of amides is 1. The number of rotatable bonds is 6. The summed E-state index contributed by atoms with van der Waals surface area (Å²) in [5.41, 5.74) is 2.21. The predicted molar refractivity (Wildman–Crippen MR) is 88.9 cm³/mol. The molecule has 1 amide bonds. The zero-order chi connectivity index (χ0) is 17.9. The number of nitrogens with zero attached hydrogens (tertiary/aromatic N) is 3. The topological polar surface area (TPSA) is 89.5 Å². The molecule has 24 heavy (non-hydrogen) atoms. The number of carbonyl (C=O) groups excluding carboxylic acids is 1. The van der Waals surface area contributed by atoms with Gasteiger partial charge in [-0.25, -0.2) is 0 Å². The van der Waals surface area contributed by atoms with Gasteiger partial charge in [0.2, 0.25) is 5.91 Å². The fourth-order valence-corrected chi connectivity index (χ4v) is 2.60. The van der Waals surface area contributed by atoms with Crippen molar-refractivity contribution in [3.63, 3.8) is 0 Å². The predicted octanol–water partition coefficient (Wildman–Crippen LogP) is 3.44. The molecule has 0 bridgehead atoms. The second-order valence-corrected chi connectivity index (χ2v) is 5.99. The third kappa shape index (κ3) is 4.11. The van der Waals surface area contributed by atoms with Crippen molar-refractivity contribution >= 4 is 23.2 Å². The Kier molecular flexibility index (Phi) is 5.56. The van der Waals surface area contributed by atoms with Gasteiger partial charge in [0.25, 0.3) is 5.69 Å². The third-order valence-electron chi connectivity index (χ3n) is 3.84. The van der Waals surface area contributed by atoms with Gasteiger partial charge in [-0.05, 0) is 31.9 Å². The molecule has 1 heterocycles. The van der Waals surface area contributed by atoms with Crippen molar-refractivity contribution < 1.29 is 14.2 Å². The number of nitro benzene ring substituents is 1. The minimum atomic E-state index is -0.487. The lowest BCUT2D eigenvalue weighted by Gasteiger charge is -2.18. The lowest BCUT2D eigenvalue weighted by atomic mass is 10.1. The summed E-state index contributed by atoms with van der Waals surface area (Å²) in [5.74, 6) is 0.627. The highest BCUT2D eigenvalue weighted by atomic mass is 35.5. The SMILES string of the molecule is Cc1noc(C)c1CCC(=O)N(C)Cc1cc([N+](=O)[O-])ccc1Cl. The Morgan fingerprint density at radius 2 is 2.12 bits per heavy atom. The minimum absolute atomic E-state index is 0.0500. The van der Waals surface area contributed by atoms with Crippen LogP contribution < -0.4 is 0 Å². The van der Waals surface area contributed by atoms with Crippen LogP contribution in [0.4, 0.5) is 5.69 Å². The summed E-state index contributed by atoms with van der Waals surface area (Å²) in [6, 6.07) is 4.20. The van der Waals surface area contributed by atoms with Crippen molar-refractivity contribution in [2.45, 2.75) is 33.2 Å². The first kappa shape index (κ1) is 17.9. The normalized spacial score (nSPS) is 10.7. The molecule has 8 heteroatoms. The number of hydrogen-bond donors (Lipinski definition) is 0. The molecule has 0 saturated heterocycles. The van der Waals surface area contributed by atoms with E-state index >= 15 is 0 Å². The standard InChI is InChI=1S/C16H18ClN3O4/c1-10-14(11(2)24-18-10)5-7-16(21)19(3)9-12-8-13(20(22)23)4-6-15(12)17/h4,6,8H,5,7,9H2,1-3H3. The summed E-state index contributed by atoms with van der Waals surface area (Å²) in [4.78, 5) is 24.2. The monoisotopic (exact) mass is 351 g/mol. The number of aryl methyl sites for hydroxylation is 2. The molecule has 128 valence electrons. The number of nitro groups is 1. The Morgan fingerprint density at radius 1 is 1.42 bits per heavy atom. The fourth-order valence-electron chi connectivity index (χ4n) is 2.42. The van der Waals surface area contributed by atoms with Crippen LogP contribution in [0.3, 0.4) is 0 Å². The highest BCUT2D eigenvalue weighted by Crippen LogP contribution is 2.23. The fraction of sp³-hybridized carbons (Fsp3) is 0.375. The second-order valence-electron chi connectivity index (χ2n) is 5.59. The van der Waals surface area contributed by atoms with E-state index in [0.29, 0.717) is 29.2 Å². The van der Waals surface area contributed by atoms with Crippen LogP contribution in [-0.4, -0.2) is 27.9 Å². The molecule has 2 aromatic rings. The molecule has 0 aliphatic rings. The molecule has 0 spiro atoms. The maximum atomic E-state index is 12.3. The summed E-state index contributed by atoms with van der Waals surface area (Å²) in [7, 11) is 1.64. The number of aromatic nitrogens is 1. The van der Waals surface area contributed by atoms with E-state index in [1.54, 1.807) is 7.05 Å². The molecule has 0 atom stereocenters. The van der Waals surface area contributed by atoms with Gasteiger partial charge in [-0.1, -0.05) is 16.8 Å². The largest absolute Gasteiger partial charge is 0.361 e. The van der Waals surface area contributed by atoms with Crippen molar-refractivity contribution in [2.24, 2.45) is 0 Å². The molecule has 7 nitrogen and oxygen atoms in total. The molecule has 0 fully saturated rings. The Balaban J connectivity index is 2.01. The minimum Gasteiger partial charge on any atom is -0.361 e. The maximum Gasteiger partial charge on any atom is 0.269 e. The molecule has 2 rings (SSSR count). The molecule has 0 aliphatic carbocycles. The number of hydrogen-bond acceptors (Lipinski definition) is 5. The summed E-state index contributed by atoms with van der Waals surface area (Å²) >= 11 is 6.07. The van der Waals surface area contributed by atoms with Crippen LogP contribution in [0.1, 0.15) is 29.0 Å². The van der Waals surface area contributed by atoms with Gasteiger partial charge in [-0.2, -0.15) is 0 Å². The molecule has 0 radical (unpaired) electrons. The van der Waals surface area contributed by atoms with E-state index in [2.05, 4.69) is 5.16 Å². The molecule has 0 N–H and O–H groups in total. The number of halogens is 1. The van der Waals surface area contributed by atoms with E-state index in [0.717, 1.165) is 11.3 Å². The van der Waals surface area contributed by atoms with Crippen LogP contribution in [0, 0.1) is 24.0 Å². The summed E-state index contributed by atoms with van der Waals surface area (Å²) < 4.78 is 5.08. The van der Waals surface area contributed by atoms with Crippen LogP contribution in [0.5, 0.6) is 0 Å². The van der Waals surface area contributed by atoms with Gasteiger partial charge in [0.1, 0.15) is 5.76 Å². The van der Waals surface area contributed by atoms with Gasteiger partial charge < -0.3 is 9.42 Å². The average molecular weight is 352 g/mol. The van der Waals surface area contributed by atoms with Gasteiger partial charge in [0, 0.05) is 42.7 Å². The molecular weight excluding hydrogens is 334 g/mol. The van der Waals surface area contributed by atoms with Crippen LogP contribution >= 0.6 is 11.6 Å². The maximum absolute atomic E-state index is 12.3. The van der Waals surface area contributed by atoms with Crippen molar-refractivity contribution in [1.29, 1.82) is 0 Å². The van der Waals surface area contributed by atoms with Gasteiger partial charge in [0.05, 0.1) is 10.6 Å². The van der Waals surface area contributed by atoms with Crippen molar-refractivity contribution in [1.82, 2.24) is 10.1 Å². The smallest absolute Gasteiger partial charge is 0.269 e. The van der Waals surface area contributed by atoms with E-state index in [-0.39, 0.29) is 18.1 Å². The second kappa shape index (κ2) is 7.44. The zero-order valence-electron chi connectivity index (χ0n) is 13.7. The van der Waals surface area contributed by atoms with Gasteiger partial charge in [-0.15, -0.1) is 0 Å². The third-order valence-corrected chi connectivity index (χ3v) is 4.21. The van der Waals surface area contributed by atoms with E-state index in [1.807, 2.05) is 13.8 Å². The summed E-state index contributed by atoms with van der Waals surface area (Å²) in [6.07, 6.45) is 0.832. The summed E-state index contributed by atoms with van der Waals surface area (Å²) in [6.45, 7) is 3.86. The Morgan fingerprint density at radius 3 is 2.71 bits per heavy atom. The van der Waals surface area contributed by atoms with Crippen LogP contribution in [0.2, 0.25) is 5.02 Å². The zero-order valence-corrected chi connectivity index (χ0v) is 14.5. The first-order valence-electron chi connectivity index (χ1n) is 7.38. The highest BCUT2D eigenvalue weighted by Gasteiger charge is 2.16. The first-order valence-corrected chi connectivity index (χ1v) is 7.76.